The van der Waals surface area contributed by atoms with Gasteiger partial charge in [0.2, 0.25) is 0 Å². The van der Waals surface area contributed by atoms with E-state index in [1.165, 1.54) is 10.5 Å². The SMILES string of the molecule is CCC#CC(C)C(C)c1ccc(SC)cc1. The Hall–Kier alpha value is -0.870. The van der Waals surface area contributed by atoms with Gasteiger partial charge < -0.3 is 0 Å². The highest BCUT2D eigenvalue weighted by Crippen LogP contribution is 2.25. The Bertz CT molecular complexity index is 367. The quantitative estimate of drug-likeness (QED) is 0.544. The van der Waals surface area contributed by atoms with Crippen molar-refractivity contribution in [2.45, 2.75) is 38.0 Å². The molecule has 1 aromatic rings. The summed E-state index contributed by atoms with van der Waals surface area (Å²) < 4.78 is 0. The van der Waals surface area contributed by atoms with Gasteiger partial charge in [0.1, 0.15) is 0 Å². The number of rotatable bonds is 3. The highest BCUT2D eigenvalue weighted by Gasteiger charge is 2.11. The van der Waals surface area contributed by atoms with Crippen LogP contribution in [0.5, 0.6) is 0 Å². The van der Waals surface area contributed by atoms with Crippen molar-refractivity contribution >= 4 is 11.8 Å². The van der Waals surface area contributed by atoms with Gasteiger partial charge in [-0.25, -0.2) is 0 Å². The molecule has 0 amide bonds. The molecule has 0 saturated heterocycles. The molecule has 0 spiro atoms. The summed E-state index contributed by atoms with van der Waals surface area (Å²) in [6, 6.07) is 8.83. The molecule has 0 fully saturated rings. The highest BCUT2D eigenvalue weighted by atomic mass is 32.2. The molecule has 0 radical (unpaired) electrons. The van der Waals surface area contributed by atoms with Gasteiger partial charge in [-0.15, -0.1) is 17.7 Å². The van der Waals surface area contributed by atoms with Gasteiger partial charge >= 0.3 is 0 Å². The molecule has 0 saturated carbocycles. The van der Waals surface area contributed by atoms with Crippen molar-refractivity contribution in [3.05, 3.63) is 29.8 Å². The van der Waals surface area contributed by atoms with Crippen molar-refractivity contribution in [2.75, 3.05) is 6.26 Å². The molecule has 16 heavy (non-hydrogen) atoms. The summed E-state index contributed by atoms with van der Waals surface area (Å²) in [6.45, 7) is 6.55. The second-order valence-corrected chi connectivity index (χ2v) is 4.90. The molecular weight excluding hydrogens is 212 g/mol. The van der Waals surface area contributed by atoms with Crippen molar-refractivity contribution in [1.29, 1.82) is 0 Å². The third-order valence-corrected chi connectivity index (χ3v) is 3.64. The van der Waals surface area contributed by atoms with Crippen molar-refractivity contribution in [3.8, 4) is 11.8 Å². The molecule has 0 nitrogen and oxygen atoms in total. The van der Waals surface area contributed by atoms with Gasteiger partial charge in [-0.1, -0.05) is 38.8 Å². The van der Waals surface area contributed by atoms with Crippen molar-refractivity contribution in [1.82, 2.24) is 0 Å². The summed E-state index contributed by atoms with van der Waals surface area (Å²) in [5.41, 5.74) is 1.38. The molecule has 0 aromatic heterocycles. The lowest BCUT2D eigenvalue weighted by Crippen LogP contribution is -2.03. The minimum Gasteiger partial charge on any atom is -0.130 e. The lowest BCUT2D eigenvalue weighted by Gasteiger charge is -2.15. The van der Waals surface area contributed by atoms with E-state index in [9.17, 15) is 0 Å². The van der Waals surface area contributed by atoms with Gasteiger partial charge in [0.25, 0.3) is 0 Å². The Morgan fingerprint density at radius 3 is 2.31 bits per heavy atom. The first kappa shape index (κ1) is 13.2. The summed E-state index contributed by atoms with van der Waals surface area (Å²) in [4.78, 5) is 1.32. The summed E-state index contributed by atoms with van der Waals surface area (Å²) in [5.74, 6) is 7.41. The number of benzene rings is 1. The normalized spacial score (nSPS) is 13.8. The molecule has 1 heteroatoms. The van der Waals surface area contributed by atoms with E-state index in [4.69, 9.17) is 0 Å². The lowest BCUT2D eigenvalue weighted by molar-refractivity contribution is 0.609. The smallest absolute Gasteiger partial charge is 0.0240 e. The van der Waals surface area contributed by atoms with Gasteiger partial charge in [-0.05, 0) is 29.9 Å². The van der Waals surface area contributed by atoms with Crippen LogP contribution >= 0.6 is 11.8 Å². The minimum atomic E-state index is 0.431. The number of hydrogen-bond acceptors (Lipinski definition) is 1. The van der Waals surface area contributed by atoms with Crippen molar-refractivity contribution in [3.63, 3.8) is 0 Å². The van der Waals surface area contributed by atoms with Crippen LogP contribution in [0.2, 0.25) is 0 Å². The molecule has 0 bridgehead atoms. The number of thioether (sulfide) groups is 1. The van der Waals surface area contributed by atoms with Crippen LogP contribution in [0.25, 0.3) is 0 Å². The summed E-state index contributed by atoms with van der Waals surface area (Å²) >= 11 is 1.78. The first-order chi connectivity index (χ1) is 7.69. The fraction of sp³-hybridized carbons (Fsp3) is 0.467. The van der Waals surface area contributed by atoms with Crippen LogP contribution in [0.4, 0.5) is 0 Å². The zero-order valence-corrected chi connectivity index (χ0v) is 11.4. The standard InChI is InChI=1S/C15H20S/c1-5-6-7-12(2)13(3)14-8-10-15(16-4)11-9-14/h8-13H,5H2,1-4H3. The average molecular weight is 232 g/mol. The lowest BCUT2D eigenvalue weighted by atomic mass is 9.89. The molecule has 1 rings (SSSR count). The van der Waals surface area contributed by atoms with Crippen LogP contribution < -0.4 is 0 Å². The van der Waals surface area contributed by atoms with Gasteiger partial charge in [-0.2, -0.15) is 0 Å². The van der Waals surface area contributed by atoms with Crippen LogP contribution in [0, 0.1) is 17.8 Å². The third kappa shape index (κ3) is 3.61. The molecule has 2 atom stereocenters. The van der Waals surface area contributed by atoms with Crippen molar-refractivity contribution in [2.24, 2.45) is 5.92 Å². The van der Waals surface area contributed by atoms with Crippen LogP contribution in [0.1, 0.15) is 38.7 Å². The summed E-state index contributed by atoms with van der Waals surface area (Å²) in [5, 5.41) is 0. The second kappa shape index (κ2) is 6.66. The van der Waals surface area contributed by atoms with Crippen LogP contribution in [-0.2, 0) is 0 Å². The topological polar surface area (TPSA) is 0 Å². The Morgan fingerprint density at radius 2 is 1.81 bits per heavy atom. The van der Waals surface area contributed by atoms with Crippen LogP contribution in [0.3, 0.4) is 0 Å². The molecule has 0 aliphatic rings. The molecule has 1 aromatic carbocycles. The first-order valence-corrected chi connectivity index (χ1v) is 7.03. The van der Waals surface area contributed by atoms with Gasteiger partial charge in [0, 0.05) is 17.2 Å². The second-order valence-electron chi connectivity index (χ2n) is 4.03. The Kier molecular flexibility index (Phi) is 5.49. The highest BCUT2D eigenvalue weighted by molar-refractivity contribution is 7.98. The summed E-state index contributed by atoms with van der Waals surface area (Å²) in [6.07, 6.45) is 3.05. The maximum Gasteiger partial charge on any atom is 0.0240 e. The Morgan fingerprint density at radius 1 is 1.19 bits per heavy atom. The zero-order chi connectivity index (χ0) is 12.0. The Labute approximate surface area is 104 Å². The molecule has 2 unspecified atom stereocenters. The third-order valence-electron chi connectivity index (χ3n) is 2.90. The fourth-order valence-corrected chi connectivity index (χ4v) is 1.99. The van der Waals surface area contributed by atoms with E-state index >= 15 is 0 Å². The van der Waals surface area contributed by atoms with E-state index in [1.807, 2.05) is 0 Å². The Balaban J connectivity index is 2.75. The molecule has 0 heterocycles. The minimum absolute atomic E-state index is 0.431. The molecule has 0 aliphatic heterocycles. The first-order valence-electron chi connectivity index (χ1n) is 5.81. The zero-order valence-electron chi connectivity index (χ0n) is 10.6. The van der Waals surface area contributed by atoms with Gasteiger partial charge in [0.15, 0.2) is 0 Å². The molecule has 0 aliphatic carbocycles. The van der Waals surface area contributed by atoms with E-state index in [0.717, 1.165) is 6.42 Å². The van der Waals surface area contributed by atoms with Gasteiger partial charge in [0.05, 0.1) is 0 Å². The maximum absolute atomic E-state index is 3.30. The average Bonchev–Trinajstić information content (AvgIpc) is 2.35. The monoisotopic (exact) mass is 232 g/mol. The van der Waals surface area contributed by atoms with E-state index in [2.05, 4.69) is 63.1 Å². The number of hydrogen-bond donors (Lipinski definition) is 0. The van der Waals surface area contributed by atoms with E-state index < -0.39 is 0 Å². The largest absolute Gasteiger partial charge is 0.130 e. The molecule has 0 N–H and O–H groups in total. The van der Waals surface area contributed by atoms with Crippen LogP contribution in [-0.4, -0.2) is 6.26 Å². The van der Waals surface area contributed by atoms with Crippen molar-refractivity contribution < 1.29 is 0 Å². The predicted octanol–water partition coefficient (Wildman–Crippen LogP) is 4.56. The van der Waals surface area contributed by atoms with Crippen LogP contribution in [0.15, 0.2) is 29.2 Å². The van der Waals surface area contributed by atoms with E-state index in [0.29, 0.717) is 11.8 Å². The molecule has 86 valence electrons. The molecular formula is C15H20S. The summed E-state index contributed by atoms with van der Waals surface area (Å²) in [7, 11) is 0. The predicted molar refractivity (Wildman–Crippen MR) is 73.9 cm³/mol. The maximum atomic E-state index is 3.30. The van der Waals surface area contributed by atoms with E-state index in [1.54, 1.807) is 11.8 Å². The fourth-order valence-electron chi connectivity index (χ4n) is 1.58. The van der Waals surface area contributed by atoms with E-state index in [-0.39, 0.29) is 0 Å². The van der Waals surface area contributed by atoms with Gasteiger partial charge in [-0.3, -0.25) is 0 Å².